The van der Waals surface area contributed by atoms with Crippen LogP contribution in [0.2, 0.25) is 0 Å². The average Bonchev–Trinajstić information content (AvgIpc) is 1.98. The van der Waals surface area contributed by atoms with Crippen LogP contribution in [0.5, 0.6) is 0 Å². The van der Waals surface area contributed by atoms with Gasteiger partial charge in [0.1, 0.15) is 0 Å². The Balaban J connectivity index is 3.64. The minimum Gasteiger partial charge on any atom is -0.393 e. The van der Waals surface area contributed by atoms with Crippen molar-refractivity contribution in [3.8, 4) is 0 Å². The van der Waals surface area contributed by atoms with Gasteiger partial charge in [-0.1, -0.05) is 33.0 Å². The van der Waals surface area contributed by atoms with E-state index in [9.17, 15) is 4.79 Å². The van der Waals surface area contributed by atoms with E-state index in [0.29, 0.717) is 18.4 Å². The van der Waals surface area contributed by atoms with Crippen LogP contribution >= 0.6 is 12.2 Å². The van der Waals surface area contributed by atoms with E-state index in [0.717, 1.165) is 0 Å². The van der Waals surface area contributed by atoms with E-state index < -0.39 is 0 Å². The predicted octanol–water partition coefficient (Wildman–Crippen LogP) is 1.07. The molecule has 76 valence electrons. The molecule has 1 amide bonds. The van der Waals surface area contributed by atoms with E-state index in [1.54, 1.807) is 0 Å². The molecule has 0 aliphatic rings. The molecule has 0 rings (SSSR count). The molecule has 0 bridgehead atoms. The first-order valence-electron chi connectivity index (χ1n) is 4.48. The summed E-state index contributed by atoms with van der Waals surface area (Å²) in [7, 11) is 0. The molecule has 1 unspecified atom stereocenters. The molecule has 0 radical (unpaired) electrons. The van der Waals surface area contributed by atoms with Crippen molar-refractivity contribution in [2.24, 2.45) is 17.6 Å². The van der Waals surface area contributed by atoms with E-state index in [1.165, 1.54) is 0 Å². The van der Waals surface area contributed by atoms with E-state index in [1.807, 2.05) is 0 Å². The van der Waals surface area contributed by atoms with Gasteiger partial charge in [-0.05, 0) is 11.8 Å². The first-order chi connectivity index (χ1) is 5.93. The van der Waals surface area contributed by atoms with Crippen molar-refractivity contribution in [1.29, 1.82) is 0 Å². The summed E-state index contributed by atoms with van der Waals surface area (Å²) in [6, 6.07) is 0. The van der Waals surface area contributed by atoms with Gasteiger partial charge in [0.15, 0.2) is 0 Å². The smallest absolute Gasteiger partial charge is 0.226 e. The van der Waals surface area contributed by atoms with Gasteiger partial charge in [0.05, 0.1) is 11.4 Å². The molecule has 13 heavy (non-hydrogen) atoms. The van der Waals surface area contributed by atoms with E-state index in [4.69, 9.17) is 5.73 Å². The summed E-state index contributed by atoms with van der Waals surface area (Å²) in [5.41, 5.74) is 5.23. The monoisotopic (exact) mass is 202 g/mol. The lowest BCUT2D eigenvalue weighted by Gasteiger charge is -2.15. The molecule has 0 aliphatic carbocycles. The van der Waals surface area contributed by atoms with Crippen LogP contribution in [-0.4, -0.2) is 17.4 Å². The molecular formula is C9H18N2OS. The number of nitrogens with one attached hydrogen (secondary N) is 1. The minimum atomic E-state index is -0.0833. The number of hydrogen-bond acceptors (Lipinski definition) is 2. The topological polar surface area (TPSA) is 55.1 Å². The van der Waals surface area contributed by atoms with Crippen molar-refractivity contribution < 1.29 is 4.79 Å². The highest BCUT2D eigenvalue weighted by Crippen LogP contribution is 2.07. The second-order valence-electron chi connectivity index (χ2n) is 3.67. The van der Waals surface area contributed by atoms with Gasteiger partial charge in [-0.25, -0.2) is 0 Å². The van der Waals surface area contributed by atoms with Gasteiger partial charge in [-0.3, -0.25) is 4.79 Å². The van der Waals surface area contributed by atoms with Crippen molar-refractivity contribution in [1.82, 2.24) is 5.32 Å². The number of carbonyl (C=O) groups excluding carboxylic acids is 1. The van der Waals surface area contributed by atoms with Crippen LogP contribution in [-0.2, 0) is 4.79 Å². The fourth-order valence-corrected chi connectivity index (χ4v) is 0.862. The molecule has 0 aromatic rings. The van der Waals surface area contributed by atoms with Crippen molar-refractivity contribution in [2.75, 3.05) is 6.54 Å². The lowest BCUT2D eigenvalue weighted by Crippen LogP contribution is -2.32. The van der Waals surface area contributed by atoms with Crippen molar-refractivity contribution >= 4 is 23.1 Å². The maximum atomic E-state index is 11.1. The Bertz CT molecular complexity index is 192. The molecule has 0 saturated carbocycles. The first kappa shape index (κ1) is 12.4. The summed E-state index contributed by atoms with van der Waals surface area (Å²) >= 11 is 4.62. The van der Waals surface area contributed by atoms with Gasteiger partial charge in [-0.2, -0.15) is 0 Å². The highest BCUT2D eigenvalue weighted by atomic mass is 32.1. The Morgan fingerprint density at radius 2 is 2.00 bits per heavy atom. The third-order valence-corrected chi connectivity index (χ3v) is 2.24. The fourth-order valence-electron chi connectivity index (χ4n) is 0.731. The molecule has 4 heteroatoms. The zero-order chi connectivity index (χ0) is 10.4. The highest BCUT2D eigenvalue weighted by Gasteiger charge is 2.09. The fraction of sp³-hybridized carbons (Fsp3) is 0.778. The number of thiocarbonyl (C=S) groups is 1. The van der Waals surface area contributed by atoms with Gasteiger partial charge in [0.25, 0.3) is 0 Å². The standard InChI is InChI=1S/C9H18N2OS/c1-6(2)7(3)5-11-9(12)4-8(10)13/h6-7H,4-5H2,1-3H3,(H2,10,13)(H,11,12). The maximum Gasteiger partial charge on any atom is 0.226 e. The third-order valence-electron chi connectivity index (χ3n) is 2.09. The van der Waals surface area contributed by atoms with Crippen molar-refractivity contribution in [2.45, 2.75) is 27.2 Å². The Hall–Kier alpha value is -0.640. The van der Waals surface area contributed by atoms with Gasteiger partial charge in [-0.15, -0.1) is 0 Å². The van der Waals surface area contributed by atoms with Crippen LogP contribution in [0.15, 0.2) is 0 Å². The van der Waals surface area contributed by atoms with Gasteiger partial charge >= 0.3 is 0 Å². The third kappa shape index (κ3) is 6.51. The number of carbonyl (C=O) groups is 1. The van der Waals surface area contributed by atoms with Crippen LogP contribution in [0.25, 0.3) is 0 Å². The number of amides is 1. The Labute approximate surface area is 85.1 Å². The number of nitrogens with two attached hydrogens (primary N) is 1. The molecule has 0 heterocycles. The van der Waals surface area contributed by atoms with Crippen LogP contribution in [0.1, 0.15) is 27.2 Å². The van der Waals surface area contributed by atoms with Gasteiger partial charge in [0.2, 0.25) is 5.91 Å². The molecule has 0 spiro atoms. The molecule has 0 saturated heterocycles. The van der Waals surface area contributed by atoms with Crippen LogP contribution < -0.4 is 11.1 Å². The van der Waals surface area contributed by atoms with E-state index in [2.05, 4.69) is 38.3 Å². The summed E-state index contributed by atoms with van der Waals surface area (Å²) in [6.45, 7) is 7.06. The molecule has 1 atom stereocenters. The largest absolute Gasteiger partial charge is 0.393 e. The number of rotatable bonds is 5. The Morgan fingerprint density at radius 1 is 1.46 bits per heavy atom. The van der Waals surface area contributed by atoms with Gasteiger partial charge < -0.3 is 11.1 Å². The zero-order valence-electron chi connectivity index (χ0n) is 8.46. The van der Waals surface area contributed by atoms with E-state index >= 15 is 0 Å². The van der Waals surface area contributed by atoms with Crippen LogP contribution in [0.4, 0.5) is 0 Å². The average molecular weight is 202 g/mol. The molecule has 0 aromatic heterocycles. The molecule has 0 aromatic carbocycles. The summed E-state index contributed by atoms with van der Waals surface area (Å²) in [4.78, 5) is 11.3. The molecule has 0 aliphatic heterocycles. The summed E-state index contributed by atoms with van der Waals surface area (Å²) in [6.07, 6.45) is 0.153. The quantitative estimate of drug-likeness (QED) is 0.656. The Morgan fingerprint density at radius 3 is 2.38 bits per heavy atom. The van der Waals surface area contributed by atoms with E-state index in [-0.39, 0.29) is 17.3 Å². The zero-order valence-corrected chi connectivity index (χ0v) is 9.28. The summed E-state index contributed by atoms with van der Waals surface area (Å²) in [5.74, 6) is 0.973. The maximum absolute atomic E-state index is 11.1. The van der Waals surface area contributed by atoms with Crippen molar-refractivity contribution in [3.63, 3.8) is 0 Å². The van der Waals surface area contributed by atoms with Gasteiger partial charge in [0, 0.05) is 6.54 Å². The van der Waals surface area contributed by atoms with Crippen LogP contribution in [0, 0.1) is 11.8 Å². The lowest BCUT2D eigenvalue weighted by molar-refractivity contribution is -0.120. The van der Waals surface area contributed by atoms with Crippen LogP contribution in [0.3, 0.4) is 0 Å². The second kappa shape index (κ2) is 5.91. The molecule has 3 N–H and O–H groups in total. The highest BCUT2D eigenvalue weighted by molar-refractivity contribution is 7.80. The normalized spacial score (nSPS) is 12.6. The lowest BCUT2D eigenvalue weighted by atomic mass is 9.98. The Kier molecular flexibility index (Phi) is 5.62. The second-order valence-corrected chi connectivity index (χ2v) is 4.19. The molecule has 0 fully saturated rings. The number of hydrogen-bond donors (Lipinski definition) is 2. The first-order valence-corrected chi connectivity index (χ1v) is 4.89. The SMILES string of the molecule is CC(C)C(C)CNC(=O)CC(N)=S. The summed E-state index contributed by atoms with van der Waals surface area (Å²) < 4.78 is 0. The molecule has 3 nitrogen and oxygen atoms in total. The predicted molar refractivity (Wildman–Crippen MR) is 58.4 cm³/mol. The summed E-state index contributed by atoms with van der Waals surface area (Å²) in [5, 5.41) is 2.79. The van der Waals surface area contributed by atoms with Crippen molar-refractivity contribution in [3.05, 3.63) is 0 Å². The molecular weight excluding hydrogens is 184 g/mol. The minimum absolute atomic E-state index is 0.0833.